The summed E-state index contributed by atoms with van der Waals surface area (Å²) in [6.07, 6.45) is 1.43. The number of benzene rings is 1. The van der Waals surface area contributed by atoms with Crippen molar-refractivity contribution in [3.63, 3.8) is 0 Å². The predicted molar refractivity (Wildman–Crippen MR) is 75.4 cm³/mol. The molecule has 0 radical (unpaired) electrons. The van der Waals surface area contributed by atoms with Crippen molar-refractivity contribution in [2.24, 2.45) is 5.10 Å². The van der Waals surface area contributed by atoms with Gasteiger partial charge in [0.05, 0.1) is 20.4 Å². The number of hydrogen-bond donors (Lipinski definition) is 3. The highest BCUT2D eigenvalue weighted by atomic mass is 16.5. The number of rotatable bonds is 5. The van der Waals surface area contributed by atoms with Gasteiger partial charge in [0.15, 0.2) is 0 Å². The highest BCUT2D eigenvalue weighted by Crippen LogP contribution is 2.22. The van der Waals surface area contributed by atoms with E-state index in [9.17, 15) is 4.79 Å². The number of hydrazone groups is 1. The van der Waals surface area contributed by atoms with Crippen LogP contribution < -0.4 is 20.6 Å². The average molecular weight is 290 g/mol. The van der Waals surface area contributed by atoms with E-state index in [2.05, 4.69) is 25.7 Å². The van der Waals surface area contributed by atoms with Crippen LogP contribution in [0.25, 0.3) is 0 Å². The molecule has 0 atom stereocenters. The largest absolute Gasteiger partial charge is 0.497 e. The van der Waals surface area contributed by atoms with Gasteiger partial charge in [0.2, 0.25) is 11.8 Å². The normalized spacial score (nSPS) is 10.6. The third-order valence-electron chi connectivity index (χ3n) is 2.52. The van der Waals surface area contributed by atoms with Gasteiger partial charge in [-0.3, -0.25) is 9.89 Å². The Morgan fingerprint density at radius 1 is 1.43 bits per heavy atom. The maximum atomic E-state index is 11.7. The minimum absolute atomic E-state index is 0.0152. The second kappa shape index (κ2) is 6.37. The maximum Gasteiger partial charge on any atom is 0.308 e. The fourth-order valence-corrected chi connectivity index (χ4v) is 1.53. The summed E-state index contributed by atoms with van der Waals surface area (Å²) in [6.45, 7) is 0. The van der Waals surface area contributed by atoms with E-state index in [1.54, 1.807) is 25.3 Å². The molecule has 1 heterocycles. The first-order chi connectivity index (χ1) is 10.1. The fourth-order valence-electron chi connectivity index (χ4n) is 1.53. The molecule has 9 nitrogen and oxygen atoms in total. The number of H-pyrrole nitrogens is 1. The van der Waals surface area contributed by atoms with E-state index >= 15 is 0 Å². The molecule has 1 aromatic carbocycles. The number of methoxy groups -OCH3 is 2. The smallest absolute Gasteiger partial charge is 0.308 e. The van der Waals surface area contributed by atoms with E-state index < -0.39 is 5.91 Å². The summed E-state index contributed by atoms with van der Waals surface area (Å²) in [5.74, 6) is 0.641. The van der Waals surface area contributed by atoms with Crippen molar-refractivity contribution in [1.82, 2.24) is 20.6 Å². The molecule has 0 saturated carbocycles. The molecule has 0 saturated heterocycles. The highest BCUT2D eigenvalue weighted by molar-refractivity contribution is 5.92. The Morgan fingerprint density at radius 2 is 2.24 bits per heavy atom. The van der Waals surface area contributed by atoms with Crippen molar-refractivity contribution in [2.75, 3.05) is 20.0 Å². The van der Waals surface area contributed by atoms with E-state index in [0.717, 1.165) is 0 Å². The molecule has 9 heteroatoms. The fraction of sp³-hybridized carbons (Fsp3) is 0.167. The number of anilines is 1. The van der Waals surface area contributed by atoms with Gasteiger partial charge in [-0.2, -0.15) is 10.1 Å². The zero-order valence-corrected chi connectivity index (χ0v) is 11.5. The number of hydrogen-bond acceptors (Lipinski definition) is 7. The summed E-state index contributed by atoms with van der Waals surface area (Å²) in [6, 6.07) is 5.21. The van der Waals surface area contributed by atoms with Gasteiger partial charge in [-0.05, 0) is 18.2 Å². The highest BCUT2D eigenvalue weighted by Gasteiger charge is 2.09. The second-order valence-corrected chi connectivity index (χ2v) is 3.85. The van der Waals surface area contributed by atoms with Crippen LogP contribution in [0.2, 0.25) is 0 Å². The second-order valence-electron chi connectivity index (χ2n) is 3.85. The van der Waals surface area contributed by atoms with Crippen LogP contribution in [0.1, 0.15) is 16.2 Å². The molecule has 4 N–H and O–H groups in total. The number of amides is 1. The predicted octanol–water partition coefficient (Wildman–Crippen LogP) is 0.168. The van der Waals surface area contributed by atoms with E-state index in [-0.39, 0.29) is 11.8 Å². The zero-order chi connectivity index (χ0) is 15.2. The first kappa shape index (κ1) is 14.3. The first-order valence-corrected chi connectivity index (χ1v) is 5.87. The monoisotopic (exact) mass is 290 g/mol. The number of nitrogen functional groups attached to an aromatic ring is 1. The van der Waals surface area contributed by atoms with E-state index in [4.69, 9.17) is 15.2 Å². The van der Waals surface area contributed by atoms with Crippen molar-refractivity contribution in [3.05, 3.63) is 29.6 Å². The molecule has 0 fully saturated rings. The SMILES string of the molecule is COc1ccc(OC)c(/C=N/NC(=O)c2nc(N)n[nH]2)c1. The Bertz CT molecular complexity index is 667. The number of nitrogens with one attached hydrogen (secondary N) is 2. The lowest BCUT2D eigenvalue weighted by Crippen LogP contribution is -2.19. The number of ether oxygens (including phenoxy) is 2. The molecule has 0 bridgehead atoms. The van der Waals surface area contributed by atoms with E-state index in [0.29, 0.717) is 17.1 Å². The number of nitrogens with zero attached hydrogens (tertiary/aromatic N) is 3. The number of carbonyl (C=O) groups excluding carboxylic acids is 1. The van der Waals surface area contributed by atoms with Gasteiger partial charge in [0.1, 0.15) is 11.5 Å². The van der Waals surface area contributed by atoms with Crippen molar-refractivity contribution in [1.29, 1.82) is 0 Å². The average Bonchev–Trinajstić information content (AvgIpc) is 2.93. The zero-order valence-electron chi connectivity index (χ0n) is 11.5. The summed E-state index contributed by atoms with van der Waals surface area (Å²) in [5, 5.41) is 9.75. The molecule has 0 aliphatic heterocycles. The van der Waals surface area contributed by atoms with Crippen LogP contribution in [-0.4, -0.2) is 41.5 Å². The van der Waals surface area contributed by atoms with Crippen LogP contribution in [0.15, 0.2) is 23.3 Å². The molecule has 2 aromatic rings. The van der Waals surface area contributed by atoms with Crippen LogP contribution in [0.4, 0.5) is 5.95 Å². The van der Waals surface area contributed by atoms with Crippen molar-refractivity contribution in [3.8, 4) is 11.5 Å². The molecule has 0 unspecified atom stereocenters. The van der Waals surface area contributed by atoms with Gasteiger partial charge in [-0.15, -0.1) is 5.10 Å². The van der Waals surface area contributed by atoms with Crippen LogP contribution in [0.3, 0.4) is 0 Å². The van der Waals surface area contributed by atoms with Gasteiger partial charge in [-0.1, -0.05) is 0 Å². The van der Waals surface area contributed by atoms with Gasteiger partial charge < -0.3 is 15.2 Å². The molecular formula is C12H14N6O3. The molecular weight excluding hydrogens is 276 g/mol. The van der Waals surface area contributed by atoms with Crippen LogP contribution in [0.5, 0.6) is 11.5 Å². The van der Waals surface area contributed by atoms with Gasteiger partial charge in [0, 0.05) is 5.56 Å². The Kier molecular flexibility index (Phi) is 4.34. The first-order valence-electron chi connectivity index (χ1n) is 5.87. The van der Waals surface area contributed by atoms with Gasteiger partial charge >= 0.3 is 5.91 Å². The maximum absolute atomic E-state index is 11.7. The van der Waals surface area contributed by atoms with Gasteiger partial charge in [0.25, 0.3) is 0 Å². The Hall–Kier alpha value is -3.10. The van der Waals surface area contributed by atoms with Crippen molar-refractivity contribution >= 4 is 18.1 Å². The van der Waals surface area contributed by atoms with E-state index in [1.807, 2.05) is 0 Å². The van der Waals surface area contributed by atoms with Crippen LogP contribution in [0, 0.1) is 0 Å². The molecule has 0 aliphatic carbocycles. The quantitative estimate of drug-likeness (QED) is 0.532. The number of nitrogens with two attached hydrogens (primary N) is 1. The van der Waals surface area contributed by atoms with Crippen molar-refractivity contribution in [2.45, 2.75) is 0 Å². The number of carbonyl (C=O) groups is 1. The Morgan fingerprint density at radius 3 is 2.86 bits per heavy atom. The van der Waals surface area contributed by atoms with Crippen LogP contribution >= 0.6 is 0 Å². The molecule has 1 aromatic heterocycles. The Balaban J connectivity index is 2.08. The number of aromatic nitrogens is 3. The lowest BCUT2D eigenvalue weighted by molar-refractivity contribution is 0.0945. The lowest BCUT2D eigenvalue weighted by Gasteiger charge is -2.06. The lowest BCUT2D eigenvalue weighted by atomic mass is 10.2. The molecule has 110 valence electrons. The standard InChI is InChI=1S/C12H14N6O3/c1-20-8-3-4-9(21-2)7(5-8)6-14-17-11(19)10-15-12(13)18-16-10/h3-6H,1-2H3,(H,17,19)(H3,13,15,16,18)/b14-6+. The van der Waals surface area contributed by atoms with E-state index in [1.165, 1.54) is 13.3 Å². The summed E-state index contributed by atoms with van der Waals surface area (Å²) in [5.41, 5.74) is 8.25. The Labute approximate surface area is 120 Å². The summed E-state index contributed by atoms with van der Waals surface area (Å²) in [7, 11) is 3.09. The third-order valence-corrected chi connectivity index (χ3v) is 2.52. The third kappa shape index (κ3) is 3.47. The molecule has 0 spiro atoms. The minimum Gasteiger partial charge on any atom is -0.497 e. The molecule has 1 amide bonds. The van der Waals surface area contributed by atoms with Crippen molar-refractivity contribution < 1.29 is 14.3 Å². The topological polar surface area (TPSA) is 128 Å². The summed E-state index contributed by atoms with van der Waals surface area (Å²) >= 11 is 0. The summed E-state index contributed by atoms with van der Waals surface area (Å²) in [4.78, 5) is 15.3. The minimum atomic E-state index is -0.558. The molecule has 2 rings (SSSR count). The number of aromatic amines is 1. The van der Waals surface area contributed by atoms with Crippen LogP contribution in [-0.2, 0) is 0 Å². The molecule has 21 heavy (non-hydrogen) atoms. The summed E-state index contributed by atoms with van der Waals surface area (Å²) < 4.78 is 10.3. The van der Waals surface area contributed by atoms with Gasteiger partial charge in [-0.25, -0.2) is 5.43 Å². The molecule has 0 aliphatic rings.